The average molecular weight is 327 g/mol. The molecule has 0 bridgehead atoms. The Morgan fingerprint density at radius 2 is 2.29 bits per heavy atom. The first-order valence-electron chi connectivity index (χ1n) is 8.60. The number of amides is 1. The maximum atomic E-state index is 12.4. The normalized spacial score (nSPS) is 17.7. The molecular formula is C18H25N5O. The van der Waals surface area contributed by atoms with E-state index in [-0.39, 0.29) is 5.91 Å². The van der Waals surface area contributed by atoms with Crippen LogP contribution in [0, 0.1) is 13.8 Å². The van der Waals surface area contributed by atoms with Gasteiger partial charge < -0.3 is 10.6 Å². The Labute approximate surface area is 142 Å². The van der Waals surface area contributed by atoms with E-state index < -0.39 is 0 Å². The van der Waals surface area contributed by atoms with Crippen LogP contribution < -0.4 is 10.6 Å². The third-order valence-corrected chi connectivity index (χ3v) is 4.49. The van der Waals surface area contributed by atoms with E-state index in [1.807, 2.05) is 36.7 Å². The van der Waals surface area contributed by atoms with Crippen LogP contribution in [0.3, 0.4) is 0 Å². The third-order valence-electron chi connectivity index (χ3n) is 4.49. The van der Waals surface area contributed by atoms with Crippen LogP contribution >= 0.6 is 0 Å². The summed E-state index contributed by atoms with van der Waals surface area (Å²) in [7, 11) is 0. The summed E-state index contributed by atoms with van der Waals surface area (Å²) in [6.45, 7) is 7.05. The van der Waals surface area contributed by atoms with Crippen LogP contribution in [0.15, 0.2) is 24.3 Å². The van der Waals surface area contributed by atoms with Gasteiger partial charge in [-0.1, -0.05) is 12.1 Å². The van der Waals surface area contributed by atoms with E-state index in [1.54, 1.807) is 0 Å². The number of hydrogen-bond acceptors (Lipinski definition) is 4. The number of nitrogens with zero attached hydrogens (tertiary/aromatic N) is 3. The lowest BCUT2D eigenvalue weighted by atomic mass is 9.90. The predicted molar refractivity (Wildman–Crippen MR) is 93.1 cm³/mol. The SMILES string of the molecule is Cc1nc(C)n(CCNC(=O)c2cccc([C@H]3CCCNC3)c2)n1. The Kier molecular flexibility index (Phi) is 5.25. The van der Waals surface area contributed by atoms with Crippen LogP contribution in [-0.4, -0.2) is 40.3 Å². The van der Waals surface area contributed by atoms with Gasteiger partial charge in [0.2, 0.25) is 0 Å². The molecule has 1 aromatic carbocycles. The van der Waals surface area contributed by atoms with E-state index in [0.29, 0.717) is 19.0 Å². The van der Waals surface area contributed by atoms with Gasteiger partial charge in [0, 0.05) is 18.7 Å². The molecule has 6 nitrogen and oxygen atoms in total. The van der Waals surface area contributed by atoms with Crippen LogP contribution in [0.5, 0.6) is 0 Å². The summed E-state index contributed by atoms with van der Waals surface area (Å²) < 4.78 is 1.82. The van der Waals surface area contributed by atoms with Crippen molar-refractivity contribution >= 4 is 5.91 Å². The Hall–Kier alpha value is -2.21. The smallest absolute Gasteiger partial charge is 0.251 e. The zero-order valence-corrected chi connectivity index (χ0v) is 14.4. The van der Waals surface area contributed by atoms with Gasteiger partial charge in [0.1, 0.15) is 11.6 Å². The van der Waals surface area contributed by atoms with Crippen molar-refractivity contribution in [2.75, 3.05) is 19.6 Å². The number of carbonyl (C=O) groups excluding carboxylic acids is 1. The van der Waals surface area contributed by atoms with Crippen molar-refractivity contribution in [3.8, 4) is 0 Å². The molecule has 0 saturated carbocycles. The first kappa shape index (κ1) is 16.6. The monoisotopic (exact) mass is 327 g/mol. The number of aromatic nitrogens is 3. The number of piperidine rings is 1. The molecule has 1 aromatic heterocycles. The molecule has 128 valence electrons. The maximum Gasteiger partial charge on any atom is 0.251 e. The number of aryl methyl sites for hydroxylation is 2. The lowest BCUT2D eigenvalue weighted by Crippen LogP contribution is -2.29. The topological polar surface area (TPSA) is 71.8 Å². The van der Waals surface area contributed by atoms with Crippen LogP contribution in [0.1, 0.15) is 46.3 Å². The van der Waals surface area contributed by atoms with E-state index in [1.165, 1.54) is 18.4 Å². The fourth-order valence-electron chi connectivity index (χ4n) is 3.22. The minimum atomic E-state index is -0.0323. The largest absolute Gasteiger partial charge is 0.350 e. The van der Waals surface area contributed by atoms with Crippen molar-refractivity contribution in [3.05, 3.63) is 47.0 Å². The Bertz CT molecular complexity index is 703. The van der Waals surface area contributed by atoms with Crippen LogP contribution in [0.2, 0.25) is 0 Å². The summed E-state index contributed by atoms with van der Waals surface area (Å²) in [5, 5.41) is 10.7. The van der Waals surface area contributed by atoms with Crippen LogP contribution in [0.25, 0.3) is 0 Å². The standard InChI is InChI=1S/C18H25N5O/c1-13-21-14(2)23(22-13)10-9-20-18(24)16-6-3-5-15(11-16)17-7-4-8-19-12-17/h3,5-6,11,17,19H,4,7-10,12H2,1-2H3,(H,20,24)/t17-/m0/s1. The molecular weight excluding hydrogens is 302 g/mol. The summed E-state index contributed by atoms with van der Waals surface area (Å²) in [4.78, 5) is 16.7. The van der Waals surface area contributed by atoms with Gasteiger partial charge in [-0.25, -0.2) is 9.67 Å². The summed E-state index contributed by atoms with van der Waals surface area (Å²) in [6, 6.07) is 8.00. The fourth-order valence-corrected chi connectivity index (χ4v) is 3.22. The second-order valence-electron chi connectivity index (χ2n) is 6.35. The molecule has 0 spiro atoms. The molecule has 1 aliphatic heterocycles. The molecule has 3 rings (SSSR count). The zero-order chi connectivity index (χ0) is 16.9. The second-order valence-corrected chi connectivity index (χ2v) is 6.35. The lowest BCUT2D eigenvalue weighted by molar-refractivity contribution is 0.0951. The van der Waals surface area contributed by atoms with E-state index in [2.05, 4.69) is 26.8 Å². The van der Waals surface area contributed by atoms with E-state index in [0.717, 1.165) is 30.3 Å². The predicted octanol–water partition coefficient (Wildman–Crippen LogP) is 1.79. The molecule has 1 aliphatic rings. The molecule has 0 unspecified atom stereocenters. The van der Waals surface area contributed by atoms with E-state index in [4.69, 9.17) is 0 Å². The van der Waals surface area contributed by atoms with Crippen molar-refractivity contribution in [3.63, 3.8) is 0 Å². The number of rotatable bonds is 5. The summed E-state index contributed by atoms with van der Waals surface area (Å²) in [6.07, 6.45) is 2.38. The zero-order valence-electron chi connectivity index (χ0n) is 14.4. The van der Waals surface area contributed by atoms with Gasteiger partial charge in [0.25, 0.3) is 5.91 Å². The molecule has 2 aromatic rings. The van der Waals surface area contributed by atoms with Crippen LogP contribution in [0.4, 0.5) is 0 Å². The fraction of sp³-hybridized carbons (Fsp3) is 0.500. The Morgan fingerprint density at radius 3 is 3.00 bits per heavy atom. The molecule has 0 aliphatic carbocycles. The number of benzene rings is 1. The molecule has 2 heterocycles. The van der Waals surface area contributed by atoms with Crippen molar-refractivity contribution in [2.24, 2.45) is 0 Å². The van der Waals surface area contributed by atoms with Gasteiger partial charge in [-0.05, 0) is 56.8 Å². The summed E-state index contributed by atoms with van der Waals surface area (Å²) >= 11 is 0. The number of hydrogen-bond donors (Lipinski definition) is 2. The number of carbonyl (C=O) groups is 1. The van der Waals surface area contributed by atoms with Gasteiger partial charge in [0.05, 0.1) is 6.54 Å². The highest BCUT2D eigenvalue weighted by Crippen LogP contribution is 2.23. The van der Waals surface area contributed by atoms with Crippen molar-refractivity contribution in [1.29, 1.82) is 0 Å². The maximum absolute atomic E-state index is 12.4. The molecule has 1 saturated heterocycles. The van der Waals surface area contributed by atoms with Gasteiger partial charge in [-0.3, -0.25) is 4.79 Å². The molecule has 2 N–H and O–H groups in total. The van der Waals surface area contributed by atoms with Gasteiger partial charge in [-0.15, -0.1) is 0 Å². The molecule has 24 heavy (non-hydrogen) atoms. The van der Waals surface area contributed by atoms with Crippen molar-refractivity contribution < 1.29 is 4.79 Å². The van der Waals surface area contributed by atoms with Crippen molar-refractivity contribution in [1.82, 2.24) is 25.4 Å². The minimum Gasteiger partial charge on any atom is -0.350 e. The van der Waals surface area contributed by atoms with Crippen LogP contribution in [-0.2, 0) is 6.54 Å². The summed E-state index contributed by atoms with van der Waals surface area (Å²) in [5.41, 5.74) is 1.97. The molecule has 1 amide bonds. The average Bonchev–Trinajstić information content (AvgIpc) is 2.93. The molecule has 1 atom stereocenters. The molecule has 0 radical (unpaired) electrons. The highest BCUT2D eigenvalue weighted by molar-refractivity contribution is 5.94. The van der Waals surface area contributed by atoms with E-state index >= 15 is 0 Å². The van der Waals surface area contributed by atoms with Gasteiger partial charge in [-0.2, -0.15) is 5.10 Å². The highest BCUT2D eigenvalue weighted by atomic mass is 16.1. The Balaban J connectivity index is 1.57. The van der Waals surface area contributed by atoms with Gasteiger partial charge >= 0.3 is 0 Å². The summed E-state index contributed by atoms with van der Waals surface area (Å²) in [5.74, 6) is 2.10. The first-order valence-corrected chi connectivity index (χ1v) is 8.60. The second kappa shape index (κ2) is 7.57. The molecule has 1 fully saturated rings. The van der Waals surface area contributed by atoms with E-state index in [9.17, 15) is 4.79 Å². The number of nitrogens with one attached hydrogen (secondary N) is 2. The highest BCUT2D eigenvalue weighted by Gasteiger charge is 2.16. The van der Waals surface area contributed by atoms with Gasteiger partial charge in [0.15, 0.2) is 0 Å². The third kappa shape index (κ3) is 4.00. The lowest BCUT2D eigenvalue weighted by Gasteiger charge is -2.23. The minimum absolute atomic E-state index is 0.0323. The first-order chi connectivity index (χ1) is 11.6. The van der Waals surface area contributed by atoms with Crippen molar-refractivity contribution in [2.45, 2.75) is 39.2 Å². The molecule has 6 heteroatoms. The quantitative estimate of drug-likeness (QED) is 0.878. The Morgan fingerprint density at radius 1 is 1.42 bits per heavy atom.